The minimum Gasteiger partial charge on any atom is -0.493 e. The van der Waals surface area contributed by atoms with Crippen molar-refractivity contribution in [2.24, 2.45) is 0 Å². The van der Waals surface area contributed by atoms with Crippen molar-refractivity contribution in [2.75, 3.05) is 14.2 Å². The number of carbonyl (C=O) groups excluding carboxylic acids is 1. The lowest BCUT2D eigenvalue weighted by atomic mass is 10.1. The zero-order valence-electron chi connectivity index (χ0n) is 16.6. The summed E-state index contributed by atoms with van der Waals surface area (Å²) in [5.41, 5.74) is 1.53. The van der Waals surface area contributed by atoms with Crippen LogP contribution in [-0.4, -0.2) is 20.1 Å². The summed E-state index contributed by atoms with van der Waals surface area (Å²) in [7, 11) is 2.92. The Bertz CT molecular complexity index is 980. The van der Waals surface area contributed by atoms with E-state index in [0.29, 0.717) is 29.4 Å². The van der Waals surface area contributed by atoms with Gasteiger partial charge in [-0.05, 0) is 35.4 Å². The number of methoxy groups -OCH3 is 2. The average molecular weight is 413 g/mol. The van der Waals surface area contributed by atoms with Crippen molar-refractivity contribution in [2.45, 2.75) is 13.2 Å². The maximum Gasteiger partial charge on any atom is 0.251 e. The zero-order chi connectivity index (χ0) is 21.5. The number of hydrogen-bond acceptors (Lipinski definition) is 4. The highest BCUT2D eigenvalue weighted by Gasteiger charge is 2.18. The van der Waals surface area contributed by atoms with E-state index < -0.39 is 17.5 Å². The lowest BCUT2D eigenvalue weighted by Crippen LogP contribution is -2.23. The second-order valence-corrected chi connectivity index (χ2v) is 6.44. The molecule has 1 amide bonds. The van der Waals surface area contributed by atoms with Crippen LogP contribution < -0.4 is 19.5 Å². The third-order valence-electron chi connectivity index (χ3n) is 4.32. The van der Waals surface area contributed by atoms with Gasteiger partial charge in [0, 0.05) is 18.2 Å². The van der Waals surface area contributed by atoms with Gasteiger partial charge in [-0.25, -0.2) is 8.78 Å². The Hall–Kier alpha value is -3.61. The van der Waals surface area contributed by atoms with Gasteiger partial charge in [-0.15, -0.1) is 0 Å². The van der Waals surface area contributed by atoms with E-state index in [1.54, 1.807) is 0 Å². The number of halogens is 2. The highest BCUT2D eigenvalue weighted by Crippen LogP contribution is 2.39. The van der Waals surface area contributed by atoms with Crippen LogP contribution in [0.5, 0.6) is 17.2 Å². The van der Waals surface area contributed by atoms with Crippen molar-refractivity contribution in [3.05, 3.63) is 89.0 Å². The van der Waals surface area contributed by atoms with Gasteiger partial charge in [0.05, 0.1) is 14.2 Å². The smallest absolute Gasteiger partial charge is 0.251 e. The van der Waals surface area contributed by atoms with Gasteiger partial charge in [0.1, 0.15) is 18.2 Å². The summed E-state index contributed by atoms with van der Waals surface area (Å²) in [5, 5.41) is 2.63. The van der Waals surface area contributed by atoms with E-state index >= 15 is 0 Å². The lowest BCUT2D eigenvalue weighted by molar-refractivity contribution is 0.0950. The number of carbonyl (C=O) groups is 1. The summed E-state index contributed by atoms with van der Waals surface area (Å²) in [4.78, 5) is 12.6. The predicted octanol–water partition coefficient (Wildman–Crippen LogP) is 4.49. The van der Waals surface area contributed by atoms with Crippen LogP contribution in [0.25, 0.3) is 0 Å². The van der Waals surface area contributed by atoms with Gasteiger partial charge >= 0.3 is 0 Å². The fraction of sp³-hybridized carbons (Fsp3) is 0.174. The molecule has 3 aromatic rings. The highest BCUT2D eigenvalue weighted by molar-refractivity contribution is 5.95. The molecule has 3 rings (SSSR count). The first-order valence-electron chi connectivity index (χ1n) is 9.16. The van der Waals surface area contributed by atoms with Gasteiger partial charge in [0.25, 0.3) is 5.91 Å². The van der Waals surface area contributed by atoms with Crippen LogP contribution in [0.3, 0.4) is 0 Å². The summed E-state index contributed by atoms with van der Waals surface area (Å²) in [6.45, 7) is 0.259. The van der Waals surface area contributed by atoms with Gasteiger partial charge in [-0.2, -0.15) is 0 Å². The molecule has 0 saturated carbocycles. The zero-order valence-corrected chi connectivity index (χ0v) is 16.6. The summed E-state index contributed by atoms with van der Waals surface area (Å²) in [6, 6.07) is 15.7. The standard InChI is InChI=1S/C23H21F2NO4/c1-28-20-10-17(23(27)26-13-16-8-18(24)12-19(25)9-16)11-21(29-2)22(20)30-14-15-6-4-3-5-7-15/h3-12H,13-14H2,1-2H3,(H,26,27). The van der Waals surface area contributed by atoms with E-state index in [1.165, 1.54) is 26.4 Å². The Kier molecular flexibility index (Phi) is 6.85. The van der Waals surface area contributed by atoms with Crippen LogP contribution >= 0.6 is 0 Å². The van der Waals surface area contributed by atoms with Crippen molar-refractivity contribution in [1.82, 2.24) is 5.32 Å². The van der Waals surface area contributed by atoms with Crippen molar-refractivity contribution < 1.29 is 27.8 Å². The summed E-state index contributed by atoms with van der Waals surface area (Å²) in [5.74, 6) is -0.844. The molecule has 0 heterocycles. The summed E-state index contributed by atoms with van der Waals surface area (Å²) < 4.78 is 43.2. The van der Waals surface area contributed by atoms with Crippen molar-refractivity contribution in [3.8, 4) is 17.2 Å². The van der Waals surface area contributed by atoms with Crippen LogP contribution in [0, 0.1) is 11.6 Å². The quantitative estimate of drug-likeness (QED) is 0.591. The second-order valence-electron chi connectivity index (χ2n) is 6.44. The van der Waals surface area contributed by atoms with E-state index in [2.05, 4.69) is 5.32 Å². The molecule has 0 unspecified atom stereocenters. The SMILES string of the molecule is COc1cc(C(=O)NCc2cc(F)cc(F)c2)cc(OC)c1OCc1ccccc1. The molecule has 0 aliphatic carbocycles. The Morgan fingerprint density at radius 1 is 0.867 bits per heavy atom. The highest BCUT2D eigenvalue weighted by atomic mass is 19.1. The Morgan fingerprint density at radius 2 is 1.47 bits per heavy atom. The fourth-order valence-electron chi connectivity index (χ4n) is 2.88. The van der Waals surface area contributed by atoms with Crippen molar-refractivity contribution >= 4 is 5.91 Å². The molecule has 30 heavy (non-hydrogen) atoms. The minimum atomic E-state index is -0.706. The maximum absolute atomic E-state index is 13.3. The largest absolute Gasteiger partial charge is 0.493 e. The molecular weight excluding hydrogens is 392 g/mol. The molecule has 7 heteroatoms. The number of ether oxygens (including phenoxy) is 3. The molecule has 0 spiro atoms. The number of benzene rings is 3. The van der Waals surface area contributed by atoms with Crippen molar-refractivity contribution in [1.29, 1.82) is 0 Å². The molecule has 0 fully saturated rings. The number of hydrogen-bond donors (Lipinski definition) is 1. The molecule has 0 bridgehead atoms. The predicted molar refractivity (Wildman–Crippen MR) is 108 cm³/mol. The number of rotatable bonds is 8. The van der Waals surface area contributed by atoms with Crippen LogP contribution in [0.1, 0.15) is 21.5 Å². The average Bonchev–Trinajstić information content (AvgIpc) is 2.75. The molecule has 0 aromatic heterocycles. The Morgan fingerprint density at radius 3 is 2.03 bits per heavy atom. The topological polar surface area (TPSA) is 56.8 Å². The van der Waals surface area contributed by atoms with E-state index in [0.717, 1.165) is 23.8 Å². The third-order valence-corrected chi connectivity index (χ3v) is 4.32. The maximum atomic E-state index is 13.3. The van der Waals surface area contributed by atoms with Crippen LogP contribution in [0.2, 0.25) is 0 Å². The van der Waals surface area contributed by atoms with Crippen LogP contribution in [0.15, 0.2) is 60.7 Å². The van der Waals surface area contributed by atoms with Gasteiger partial charge in [0.2, 0.25) is 5.75 Å². The van der Waals surface area contributed by atoms with Crippen LogP contribution in [0.4, 0.5) is 8.78 Å². The molecule has 3 aromatic carbocycles. The van der Waals surface area contributed by atoms with Gasteiger partial charge < -0.3 is 19.5 Å². The number of amides is 1. The third kappa shape index (κ3) is 5.26. The molecule has 0 aliphatic heterocycles. The molecule has 5 nitrogen and oxygen atoms in total. The first-order chi connectivity index (χ1) is 14.5. The molecule has 156 valence electrons. The van der Waals surface area contributed by atoms with E-state index in [-0.39, 0.29) is 12.1 Å². The Balaban J connectivity index is 1.77. The van der Waals surface area contributed by atoms with E-state index in [9.17, 15) is 13.6 Å². The normalized spacial score (nSPS) is 10.4. The molecule has 1 N–H and O–H groups in total. The summed E-state index contributed by atoms with van der Waals surface area (Å²) >= 11 is 0. The molecule has 0 atom stereocenters. The second kappa shape index (κ2) is 9.73. The van der Waals surface area contributed by atoms with Crippen LogP contribution in [-0.2, 0) is 13.2 Å². The fourth-order valence-corrected chi connectivity index (χ4v) is 2.88. The molecule has 0 saturated heterocycles. The van der Waals surface area contributed by atoms with E-state index in [1.807, 2.05) is 30.3 Å². The summed E-state index contributed by atoms with van der Waals surface area (Å²) in [6.07, 6.45) is 0. The molecule has 0 radical (unpaired) electrons. The van der Waals surface area contributed by atoms with Gasteiger partial charge in [-0.3, -0.25) is 4.79 Å². The van der Waals surface area contributed by atoms with Crippen molar-refractivity contribution in [3.63, 3.8) is 0 Å². The first kappa shape index (κ1) is 21.1. The first-order valence-corrected chi connectivity index (χ1v) is 9.16. The van der Waals surface area contributed by atoms with E-state index in [4.69, 9.17) is 14.2 Å². The monoisotopic (exact) mass is 413 g/mol. The Labute approximate surface area is 173 Å². The van der Waals surface area contributed by atoms with Gasteiger partial charge in [0.15, 0.2) is 11.5 Å². The number of nitrogens with one attached hydrogen (secondary N) is 1. The minimum absolute atomic E-state index is 0.0373. The lowest BCUT2D eigenvalue weighted by Gasteiger charge is -2.16. The molecular formula is C23H21F2NO4. The molecule has 0 aliphatic rings. The van der Waals surface area contributed by atoms with Gasteiger partial charge in [-0.1, -0.05) is 30.3 Å².